The van der Waals surface area contributed by atoms with E-state index in [1.165, 1.54) is 0 Å². The summed E-state index contributed by atoms with van der Waals surface area (Å²) in [5.41, 5.74) is 1.04. The number of nitrogens with one attached hydrogen (secondary N) is 1. The first kappa shape index (κ1) is 12.5. The summed E-state index contributed by atoms with van der Waals surface area (Å²) >= 11 is 5.82. The molecule has 4 nitrogen and oxygen atoms in total. The van der Waals surface area contributed by atoms with Crippen molar-refractivity contribution in [3.8, 4) is 17.5 Å². The first-order valence-corrected chi connectivity index (χ1v) is 5.91. The molecule has 0 aliphatic rings. The van der Waals surface area contributed by atoms with Gasteiger partial charge in [-0.2, -0.15) is 10.2 Å². The molecule has 0 saturated carbocycles. The van der Waals surface area contributed by atoms with E-state index in [0.717, 1.165) is 5.56 Å². The van der Waals surface area contributed by atoms with Crippen molar-refractivity contribution >= 4 is 17.5 Å². The van der Waals surface area contributed by atoms with E-state index >= 15 is 0 Å². The minimum atomic E-state index is 0.170. The van der Waals surface area contributed by atoms with Gasteiger partial charge < -0.3 is 9.73 Å². The van der Waals surface area contributed by atoms with Crippen molar-refractivity contribution in [1.82, 2.24) is 4.98 Å². The molecular weight excluding hydrogens is 250 g/mol. The van der Waals surface area contributed by atoms with Crippen molar-refractivity contribution in [2.75, 3.05) is 5.32 Å². The minimum absolute atomic E-state index is 0.170. The lowest BCUT2D eigenvalue weighted by Crippen LogP contribution is -2.09. The summed E-state index contributed by atoms with van der Waals surface area (Å²) in [7, 11) is 0. The molecule has 1 aromatic heterocycles. The van der Waals surface area contributed by atoms with E-state index in [1.54, 1.807) is 24.3 Å². The summed E-state index contributed by atoms with van der Waals surface area (Å²) in [6.45, 7) is 3.93. The molecular formula is C13H12ClN3O. The molecule has 0 atom stereocenters. The summed E-state index contributed by atoms with van der Waals surface area (Å²) in [5, 5.41) is 12.7. The number of benzene rings is 1. The molecule has 2 aromatic rings. The Balaban J connectivity index is 2.38. The molecule has 0 saturated heterocycles. The molecule has 0 aliphatic heterocycles. The van der Waals surface area contributed by atoms with Crippen LogP contribution in [0.1, 0.15) is 19.5 Å². The van der Waals surface area contributed by atoms with Gasteiger partial charge in [0.15, 0.2) is 0 Å². The van der Waals surface area contributed by atoms with Gasteiger partial charge in [-0.1, -0.05) is 11.6 Å². The van der Waals surface area contributed by atoms with E-state index in [1.807, 2.05) is 19.9 Å². The number of anilines is 1. The lowest BCUT2D eigenvalue weighted by molar-refractivity contribution is 0.579. The Morgan fingerprint density at radius 2 is 2.00 bits per heavy atom. The van der Waals surface area contributed by atoms with Crippen molar-refractivity contribution < 1.29 is 4.42 Å². The third-order valence-corrected chi connectivity index (χ3v) is 2.50. The van der Waals surface area contributed by atoms with Gasteiger partial charge >= 0.3 is 0 Å². The Morgan fingerprint density at radius 3 is 2.56 bits per heavy atom. The molecule has 0 spiro atoms. The van der Waals surface area contributed by atoms with Crippen LogP contribution in [0.4, 0.5) is 5.88 Å². The van der Waals surface area contributed by atoms with Gasteiger partial charge in [0.1, 0.15) is 6.07 Å². The van der Waals surface area contributed by atoms with E-state index in [2.05, 4.69) is 10.3 Å². The molecule has 0 amide bonds. The van der Waals surface area contributed by atoms with Crippen LogP contribution in [-0.4, -0.2) is 11.0 Å². The van der Waals surface area contributed by atoms with Crippen LogP contribution < -0.4 is 5.32 Å². The molecule has 0 radical (unpaired) electrons. The van der Waals surface area contributed by atoms with Gasteiger partial charge in [0, 0.05) is 16.6 Å². The smallest absolute Gasteiger partial charge is 0.232 e. The van der Waals surface area contributed by atoms with E-state index < -0.39 is 0 Å². The Kier molecular flexibility index (Phi) is 3.54. The second-order valence-electron chi connectivity index (χ2n) is 4.11. The summed E-state index contributed by atoms with van der Waals surface area (Å²) in [6, 6.07) is 9.28. The molecule has 0 fully saturated rings. The summed E-state index contributed by atoms with van der Waals surface area (Å²) in [4.78, 5) is 4.15. The van der Waals surface area contributed by atoms with Crippen molar-refractivity contribution in [3.63, 3.8) is 0 Å². The van der Waals surface area contributed by atoms with Crippen LogP contribution in [-0.2, 0) is 0 Å². The number of oxazole rings is 1. The predicted octanol–water partition coefficient (Wildman–Crippen LogP) is 3.69. The number of aromatic nitrogens is 1. The SMILES string of the molecule is CC(C)Nc1oc(-c2ccc(Cl)cc2)nc1C#N. The van der Waals surface area contributed by atoms with E-state index in [0.29, 0.717) is 16.8 Å². The molecule has 0 unspecified atom stereocenters. The monoisotopic (exact) mass is 261 g/mol. The predicted molar refractivity (Wildman–Crippen MR) is 70.4 cm³/mol. The number of hydrogen-bond donors (Lipinski definition) is 1. The molecule has 0 aliphatic carbocycles. The maximum atomic E-state index is 9.00. The standard InChI is InChI=1S/C13H12ClN3O/c1-8(2)16-13-11(7-15)17-12(18-13)9-3-5-10(14)6-4-9/h3-6,8,16H,1-2H3. The van der Waals surface area contributed by atoms with Crippen LogP contribution in [0.5, 0.6) is 0 Å². The maximum Gasteiger partial charge on any atom is 0.232 e. The van der Waals surface area contributed by atoms with Crippen molar-refractivity contribution in [2.24, 2.45) is 0 Å². The van der Waals surface area contributed by atoms with Gasteiger partial charge in [-0.25, -0.2) is 0 Å². The molecule has 1 heterocycles. The van der Waals surface area contributed by atoms with Crippen molar-refractivity contribution in [3.05, 3.63) is 35.0 Å². The van der Waals surface area contributed by atoms with Crippen LogP contribution in [0.25, 0.3) is 11.5 Å². The highest BCUT2D eigenvalue weighted by atomic mass is 35.5. The number of halogens is 1. The number of nitriles is 1. The highest BCUT2D eigenvalue weighted by Gasteiger charge is 2.14. The summed E-state index contributed by atoms with van der Waals surface area (Å²) < 4.78 is 5.55. The second kappa shape index (κ2) is 5.11. The maximum absolute atomic E-state index is 9.00. The fourth-order valence-corrected chi connectivity index (χ4v) is 1.60. The van der Waals surface area contributed by atoms with Gasteiger partial charge in [-0.3, -0.25) is 0 Å². The minimum Gasteiger partial charge on any atom is -0.419 e. The van der Waals surface area contributed by atoms with Gasteiger partial charge in [-0.05, 0) is 38.1 Å². The largest absolute Gasteiger partial charge is 0.419 e. The zero-order valence-corrected chi connectivity index (χ0v) is 10.8. The zero-order valence-electron chi connectivity index (χ0n) is 10.1. The Bertz CT molecular complexity index is 581. The third-order valence-electron chi connectivity index (χ3n) is 2.24. The highest BCUT2D eigenvalue weighted by molar-refractivity contribution is 6.30. The third kappa shape index (κ3) is 2.63. The summed E-state index contributed by atoms with van der Waals surface area (Å²) in [5.74, 6) is 0.809. The topological polar surface area (TPSA) is 61.9 Å². The fourth-order valence-electron chi connectivity index (χ4n) is 1.47. The lowest BCUT2D eigenvalue weighted by Gasteiger charge is -2.04. The highest BCUT2D eigenvalue weighted by Crippen LogP contribution is 2.26. The quantitative estimate of drug-likeness (QED) is 0.915. The molecule has 1 N–H and O–H groups in total. The fraction of sp³-hybridized carbons (Fsp3) is 0.231. The Morgan fingerprint density at radius 1 is 1.33 bits per heavy atom. The van der Waals surface area contributed by atoms with E-state index in [9.17, 15) is 0 Å². The van der Waals surface area contributed by atoms with Crippen molar-refractivity contribution in [1.29, 1.82) is 5.26 Å². The van der Waals surface area contributed by atoms with Crippen LogP contribution in [0.2, 0.25) is 5.02 Å². The van der Waals surface area contributed by atoms with Crippen LogP contribution >= 0.6 is 11.6 Å². The number of rotatable bonds is 3. The Hall–Kier alpha value is -1.99. The first-order chi connectivity index (χ1) is 8.60. The normalized spacial score (nSPS) is 10.4. The van der Waals surface area contributed by atoms with Crippen LogP contribution in [0, 0.1) is 11.3 Å². The van der Waals surface area contributed by atoms with Gasteiger partial charge in [0.25, 0.3) is 0 Å². The van der Waals surface area contributed by atoms with Gasteiger partial charge in [0.2, 0.25) is 17.5 Å². The first-order valence-electron chi connectivity index (χ1n) is 5.53. The number of hydrogen-bond acceptors (Lipinski definition) is 4. The molecule has 5 heteroatoms. The molecule has 18 heavy (non-hydrogen) atoms. The Labute approximate surface area is 110 Å². The van der Waals surface area contributed by atoms with Crippen LogP contribution in [0.3, 0.4) is 0 Å². The number of nitrogens with zero attached hydrogens (tertiary/aromatic N) is 2. The van der Waals surface area contributed by atoms with E-state index in [4.69, 9.17) is 21.3 Å². The van der Waals surface area contributed by atoms with Crippen molar-refractivity contribution in [2.45, 2.75) is 19.9 Å². The van der Waals surface area contributed by atoms with Crippen LogP contribution in [0.15, 0.2) is 28.7 Å². The molecule has 2 rings (SSSR count). The lowest BCUT2D eigenvalue weighted by atomic mass is 10.2. The molecule has 0 bridgehead atoms. The summed E-state index contributed by atoms with van der Waals surface area (Å²) in [6.07, 6.45) is 0. The second-order valence-corrected chi connectivity index (χ2v) is 4.55. The molecule has 1 aromatic carbocycles. The zero-order chi connectivity index (χ0) is 13.1. The van der Waals surface area contributed by atoms with E-state index in [-0.39, 0.29) is 11.7 Å². The van der Waals surface area contributed by atoms with Gasteiger partial charge in [0.05, 0.1) is 0 Å². The van der Waals surface area contributed by atoms with Gasteiger partial charge in [-0.15, -0.1) is 0 Å². The average Bonchev–Trinajstić information content (AvgIpc) is 2.72. The average molecular weight is 262 g/mol. The molecule has 92 valence electrons.